The highest BCUT2D eigenvalue weighted by Gasteiger charge is 2.38. The van der Waals surface area contributed by atoms with Gasteiger partial charge in [0, 0.05) is 13.6 Å². The molecule has 0 bridgehead atoms. The second-order valence-corrected chi connectivity index (χ2v) is 5.78. The van der Waals surface area contributed by atoms with Crippen LogP contribution in [0.4, 0.5) is 0 Å². The van der Waals surface area contributed by atoms with Crippen LogP contribution in [-0.2, 0) is 11.3 Å². The van der Waals surface area contributed by atoms with E-state index in [1.54, 1.807) is 11.9 Å². The first-order valence-electron chi connectivity index (χ1n) is 7.72. The van der Waals surface area contributed by atoms with Crippen molar-refractivity contribution >= 4 is 5.91 Å². The maximum atomic E-state index is 12.8. The number of rotatable bonds is 7. The Morgan fingerprint density at radius 3 is 2.29 bits per heavy atom. The summed E-state index contributed by atoms with van der Waals surface area (Å²) in [5, 5.41) is 9.58. The van der Waals surface area contributed by atoms with Crippen LogP contribution >= 0.6 is 0 Å². The topological polar surface area (TPSA) is 44.1 Å². The summed E-state index contributed by atoms with van der Waals surface area (Å²) < 4.78 is 0. The SMILES string of the molecule is CCCC(C#N)(CCC)C(=O)N(C)Cc1ccccc1C. The zero-order chi connectivity index (χ0) is 15.9. The molecule has 114 valence electrons. The molecule has 3 heteroatoms. The van der Waals surface area contributed by atoms with Gasteiger partial charge >= 0.3 is 0 Å². The van der Waals surface area contributed by atoms with Crippen molar-refractivity contribution in [3.05, 3.63) is 35.4 Å². The molecule has 0 heterocycles. The van der Waals surface area contributed by atoms with E-state index in [1.807, 2.05) is 45.0 Å². The lowest BCUT2D eigenvalue weighted by molar-refractivity contribution is -0.139. The summed E-state index contributed by atoms with van der Waals surface area (Å²) in [6.07, 6.45) is 2.96. The van der Waals surface area contributed by atoms with Crippen LogP contribution in [0.1, 0.15) is 50.7 Å². The highest BCUT2D eigenvalue weighted by molar-refractivity contribution is 5.85. The number of nitriles is 1. The van der Waals surface area contributed by atoms with Crippen LogP contribution in [0.5, 0.6) is 0 Å². The van der Waals surface area contributed by atoms with Crippen LogP contribution in [0, 0.1) is 23.7 Å². The lowest BCUT2D eigenvalue weighted by atomic mass is 9.79. The molecule has 1 rings (SSSR count). The van der Waals surface area contributed by atoms with E-state index in [9.17, 15) is 10.1 Å². The van der Waals surface area contributed by atoms with Crippen molar-refractivity contribution in [2.24, 2.45) is 5.41 Å². The Morgan fingerprint density at radius 2 is 1.81 bits per heavy atom. The molecule has 0 aromatic heterocycles. The van der Waals surface area contributed by atoms with Gasteiger partial charge in [0.25, 0.3) is 0 Å². The average Bonchev–Trinajstić information content (AvgIpc) is 2.48. The van der Waals surface area contributed by atoms with Crippen molar-refractivity contribution in [1.82, 2.24) is 4.90 Å². The molecule has 0 aliphatic heterocycles. The molecule has 0 radical (unpaired) electrons. The van der Waals surface area contributed by atoms with Crippen molar-refractivity contribution in [1.29, 1.82) is 5.26 Å². The largest absolute Gasteiger partial charge is 0.340 e. The number of benzene rings is 1. The van der Waals surface area contributed by atoms with Crippen molar-refractivity contribution in [3.63, 3.8) is 0 Å². The standard InChI is InChI=1S/C18H26N2O/c1-5-11-18(14-19,12-6-2)17(21)20(4)13-16-10-8-7-9-15(16)3/h7-10H,5-6,11-13H2,1-4H3. The Kier molecular flexibility index (Phi) is 6.42. The molecule has 0 spiro atoms. The van der Waals surface area contributed by atoms with Crippen LogP contribution in [0.3, 0.4) is 0 Å². The molecule has 0 aliphatic rings. The van der Waals surface area contributed by atoms with Crippen LogP contribution in [0.15, 0.2) is 24.3 Å². The fourth-order valence-corrected chi connectivity index (χ4v) is 2.83. The number of amides is 1. The van der Waals surface area contributed by atoms with Gasteiger partial charge in [0.05, 0.1) is 6.07 Å². The van der Waals surface area contributed by atoms with Crippen molar-refractivity contribution in [2.45, 2.75) is 53.0 Å². The van der Waals surface area contributed by atoms with Crippen LogP contribution in [0.25, 0.3) is 0 Å². The van der Waals surface area contributed by atoms with Gasteiger partial charge in [-0.25, -0.2) is 0 Å². The van der Waals surface area contributed by atoms with Gasteiger partial charge in [-0.3, -0.25) is 4.79 Å². The minimum absolute atomic E-state index is 0.0445. The molecule has 3 nitrogen and oxygen atoms in total. The third kappa shape index (κ3) is 4.07. The van der Waals surface area contributed by atoms with Crippen LogP contribution < -0.4 is 0 Å². The average molecular weight is 286 g/mol. The Morgan fingerprint density at radius 1 is 1.24 bits per heavy atom. The van der Waals surface area contributed by atoms with Gasteiger partial charge in [-0.05, 0) is 30.9 Å². The Balaban J connectivity index is 2.94. The summed E-state index contributed by atoms with van der Waals surface area (Å²) in [7, 11) is 1.80. The first-order chi connectivity index (χ1) is 10.0. The number of hydrogen-bond acceptors (Lipinski definition) is 2. The predicted octanol–water partition coefficient (Wildman–Crippen LogP) is 4.06. The van der Waals surface area contributed by atoms with E-state index in [0.29, 0.717) is 19.4 Å². The molecular formula is C18H26N2O. The first kappa shape index (κ1) is 17.2. The third-order valence-corrected chi connectivity index (χ3v) is 3.99. The van der Waals surface area contributed by atoms with Gasteiger partial charge in [0.15, 0.2) is 0 Å². The molecule has 0 atom stereocenters. The summed E-state index contributed by atoms with van der Waals surface area (Å²) in [5.41, 5.74) is 1.44. The van der Waals surface area contributed by atoms with Crippen molar-refractivity contribution in [2.75, 3.05) is 7.05 Å². The Labute approximate surface area is 128 Å². The van der Waals surface area contributed by atoms with Gasteiger partial charge in [0.1, 0.15) is 5.41 Å². The summed E-state index contributed by atoms with van der Waals surface area (Å²) in [4.78, 5) is 14.5. The zero-order valence-corrected chi connectivity index (χ0v) is 13.6. The summed E-state index contributed by atoms with van der Waals surface area (Å²) >= 11 is 0. The minimum atomic E-state index is -0.860. The predicted molar refractivity (Wildman–Crippen MR) is 85.5 cm³/mol. The Bertz CT molecular complexity index is 510. The van der Waals surface area contributed by atoms with E-state index in [0.717, 1.165) is 18.4 Å². The summed E-state index contributed by atoms with van der Waals surface area (Å²) in [5.74, 6) is -0.0445. The van der Waals surface area contributed by atoms with Crippen molar-refractivity contribution in [3.8, 4) is 6.07 Å². The number of nitrogens with zero attached hydrogens (tertiary/aromatic N) is 2. The van der Waals surface area contributed by atoms with E-state index in [1.165, 1.54) is 5.56 Å². The molecule has 0 saturated heterocycles. The van der Waals surface area contributed by atoms with Gasteiger partial charge < -0.3 is 4.90 Å². The van der Waals surface area contributed by atoms with Gasteiger partial charge in [0.2, 0.25) is 5.91 Å². The van der Waals surface area contributed by atoms with Gasteiger partial charge in [-0.2, -0.15) is 5.26 Å². The van der Waals surface area contributed by atoms with Gasteiger partial charge in [-0.1, -0.05) is 51.0 Å². The van der Waals surface area contributed by atoms with Crippen LogP contribution in [0.2, 0.25) is 0 Å². The molecular weight excluding hydrogens is 260 g/mol. The smallest absolute Gasteiger partial charge is 0.243 e. The molecule has 0 unspecified atom stereocenters. The quantitative estimate of drug-likeness (QED) is 0.758. The van der Waals surface area contributed by atoms with Gasteiger partial charge in [-0.15, -0.1) is 0 Å². The van der Waals surface area contributed by atoms with E-state index in [-0.39, 0.29) is 5.91 Å². The van der Waals surface area contributed by atoms with E-state index < -0.39 is 5.41 Å². The summed E-state index contributed by atoms with van der Waals surface area (Å²) in [6.45, 7) is 6.65. The number of hydrogen-bond donors (Lipinski definition) is 0. The minimum Gasteiger partial charge on any atom is -0.340 e. The van der Waals surface area contributed by atoms with E-state index in [2.05, 4.69) is 6.07 Å². The van der Waals surface area contributed by atoms with Crippen LogP contribution in [-0.4, -0.2) is 17.9 Å². The fraction of sp³-hybridized carbons (Fsp3) is 0.556. The molecule has 0 saturated carbocycles. The van der Waals surface area contributed by atoms with E-state index >= 15 is 0 Å². The molecule has 0 fully saturated rings. The molecule has 0 aliphatic carbocycles. The molecule has 1 amide bonds. The molecule has 1 aromatic carbocycles. The lowest BCUT2D eigenvalue weighted by Crippen LogP contribution is -2.41. The number of carbonyl (C=O) groups is 1. The first-order valence-corrected chi connectivity index (χ1v) is 7.72. The monoisotopic (exact) mass is 286 g/mol. The van der Waals surface area contributed by atoms with Crippen molar-refractivity contribution < 1.29 is 4.79 Å². The Hall–Kier alpha value is -1.82. The number of carbonyl (C=O) groups excluding carboxylic acids is 1. The highest BCUT2D eigenvalue weighted by Crippen LogP contribution is 2.31. The third-order valence-electron chi connectivity index (χ3n) is 3.99. The normalized spacial score (nSPS) is 11.0. The molecule has 21 heavy (non-hydrogen) atoms. The van der Waals surface area contributed by atoms with E-state index in [4.69, 9.17) is 0 Å². The summed E-state index contributed by atoms with van der Waals surface area (Å²) in [6, 6.07) is 10.4. The lowest BCUT2D eigenvalue weighted by Gasteiger charge is -2.30. The second-order valence-electron chi connectivity index (χ2n) is 5.78. The molecule has 1 aromatic rings. The fourth-order valence-electron chi connectivity index (χ4n) is 2.83. The maximum absolute atomic E-state index is 12.8. The molecule has 0 N–H and O–H groups in total. The number of aryl methyl sites for hydroxylation is 1. The zero-order valence-electron chi connectivity index (χ0n) is 13.6. The second kappa shape index (κ2) is 7.83. The highest BCUT2D eigenvalue weighted by atomic mass is 16.2. The maximum Gasteiger partial charge on any atom is 0.243 e.